The van der Waals surface area contributed by atoms with E-state index in [2.05, 4.69) is 5.18 Å². The smallest absolute Gasteiger partial charge is 0.161 e. The first-order valence-electron chi connectivity index (χ1n) is 6.32. The molecule has 2 aliphatic rings. The predicted octanol–water partition coefficient (Wildman–Crippen LogP) is -1.24. The normalized spacial score (nSPS) is 43.9. The van der Waals surface area contributed by atoms with Gasteiger partial charge in [-0.25, -0.2) is 0 Å². The largest absolute Gasteiger partial charge is 0.394 e. The fourth-order valence-corrected chi connectivity index (χ4v) is 2.31. The molecule has 110 valence electrons. The minimum Gasteiger partial charge on any atom is -0.394 e. The highest BCUT2D eigenvalue weighted by molar-refractivity contribution is 4.86. The molecule has 0 unspecified atom stereocenters. The number of aliphatic hydroxyl groups excluding tert-OH is 3. The van der Waals surface area contributed by atoms with Gasteiger partial charge in [0.25, 0.3) is 0 Å². The van der Waals surface area contributed by atoms with Gasteiger partial charge in [-0.15, -0.1) is 0 Å². The van der Waals surface area contributed by atoms with Crippen LogP contribution in [0, 0.1) is 4.91 Å². The Bertz CT molecular complexity index is 303. The second-order valence-electron chi connectivity index (χ2n) is 4.87. The highest BCUT2D eigenvalue weighted by Gasteiger charge is 2.38. The van der Waals surface area contributed by atoms with Crippen LogP contribution in [0.5, 0.6) is 0 Å². The van der Waals surface area contributed by atoms with Gasteiger partial charge < -0.3 is 29.5 Å². The Morgan fingerprint density at radius 2 is 2.05 bits per heavy atom. The molecule has 0 aromatic rings. The molecule has 3 N–H and O–H groups in total. The van der Waals surface area contributed by atoms with Crippen molar-refractivity contribution in [3.05, 3.63) is 4.91 Å². The van der Waals surface area contributed by atoms with Crippen molar-refractivity contribution >= 4 is 0 Å². The Labute approximate surface area is 110 Å². The van der Waals surface area contributed by atoms with Crippen LogP contribution in [0.1, 0.15) is 12.8 Å². The molecule has 2 aliphatic heterocycles. The summed E-state index contributed by atoms with van der Waals surface area (Å²) in [5, 5.41) is 31.3. The van der Waals surface area contributed by atoms with Gasteiger partial charge in [0.05, 0.1) is 32.0 Å². The maximum Gasteiger partial charge on any atom is 0.161 e. The Hall–Kier alpha value is -0.640. The molecule has 2 rings (SSSR count). The lowest BCUT2D eigenvalue weighted by molar-refractivity contribution is -0.265. The van der Waals surface area contributed by atoms with Crippen molar-refractivity contribution in [2.75, 3.05) is 19.8 Å². The number of nitrogens with zero attached hydrogens (tertiary/aromatic N) is 1. The summed E-state index contributed by atoms with van der Waals surface area (Å²) in [5.74, 6) is 0. The van der Waals surface area contributed by atoms with Crippen molar-refractivity contribution in [2.45, 2.75) is 49.6 Å². The molecule has 0 aromatic heterocycles. The number of aliphatic hydroxyl groups is 3. The average Bonchev–Trinajstić information content (AvgIpc) is 2.40. The van der Waals surface area contributed by atoms with Crippen LogP contribution in [-0.2, 0) is 14.2 Å². The van der Waals surface area contributed by atoms with Gasteiger partial charge in [-0.05, 0) is 0 Å². The van der Waals surface area contributed by atoms with Crippen LogP contribution in [0.15, 0.2) is 5.18 Å². The molecule has 0 spiro atoms. The minimum atomic E-state index is -1.05. The van der Waals surface area contributed by atoms with Gasteiger partial charge in [-0.2, -0.15) is 4.91 Å². The van der Waals surface area contributed by atoms with Crippen molar-refractivity contribution in [3.8, 4) is 0 Å². The van der Waals surface area contributed by atoms with E-state index in [1.54, 1.807) is 0 Å². The van der Waals surface area contributed by atoms with Crippen molar-refractivity contribution in [1.29, 1.82) is 0 Å². The summed E-state index contributed by atoms with van der Waals surface area (Å²) in [6.07, 6.45) is -3.05. The van der Waals surface area contributed by atoms with Crippen molar-refractivity contribution in [1.82, 2.24) is 0 Å². The standard InChI is InChI=1S/C11H19NO7/c13-3-7-1-6(14)2-10(18-7)19-9-5-17-4-8(12-16)11(9)15/h6-11,13-15H,1-5H2/t6-,7-,8-,9+,10-,11+/m1/s1. The van der Waals surface area contributed by atoms with E-state index in [9.17, 15) is 15.1 Å². The van der Waals surface area contributed by atoms with E-state index in [-0.39, 0.29) is 26.2 Å². The van der Waals surface area contributed by atoms with Gasteiger partial charge in [-0.3, -0.25) is 0 Å². The van der Waals surface area contributed by atoms with E-state index in [0.29, 0.717) is 6.42 Å². The molecule has 0 radical (unpaired) electrons. The molecule has 0 amide bonds. The molecular formula is C11H19NO7. The second kappa shape index (κ2) is 6.69. The van der Waals surface area contributed by atoms with Gasteiger partial charge in [0, 0.05) is 12.8 Å². The quantitative estimate of drug-likeness (QED) is 0.550. The molecule has 0 saturated carbocycles. The third kappa shape index (κ3) is 3.68. The van der Waals surface area contributed by atoms with Crippen LogP contribution in [0.4, 0.5) is 0 Å². The lowest BCUT2D eigenvalue weighted by atomic mass is 10.0. The zero-order valence-electron chi connectivity index (χ0n) is 10.4. The summed E-state index contributed by atoms with van der Waals surface area (Å²) in [6.45, 7) is -0.00989. The monoisotopic (exact) mass is 277 g/mol. The topological polar surface area (TPSA) is 118 Å². The van der Waals surface area contributed by atoms with Crippen LogP contribution in [0.3, 0.4) is 0 Å². The SMILES string of the molecule is O=N[C@@H]1COC[C@H](O[C@@H]2C[C@H](O)C[C@H](CO)O2)[C@H]1O. The molecule has 6 atom stereocenters. The van der Waals surface area contributed by atoms with E-state index in [4.69, 9.17) is 19.3 Å². The van der Waals surface area contributed by atoms with E-state index in [1.807, 2.05) is 0 Å². The molecule has 8 nitrogen and oxygen atoms in total. The second-order valence-corrected chi connectivity index (χ2v) is 4.87. The van der Waals surface area contributed by atoms with Gasteiger partial charge in [0.15, 0.2) is 6.29 Å². The van der Waals surface area contributed by atoms with Crippen LogP contribution in [0.25, 0.3) is 0 Å². The van der Waals surface area contributed by atoms with Crippen molar-refractivity contribution in [3.63, 3.8) is 0 Å². The maximum absolute atomic E-state index is 10.5. The summed E-state index contributed by atoms with van der Waals surface area (Å²) in [6, 6.07) is -0.860. The summed E-state index contributed by atoms with van der Waals surface area (Å²) < 4.78 is 16.1. The first kappa shape index (κ1) is 14.8. The van der Waals surface area contributed by atoms with Crippen LogP contribution in [0.2, 0.25) is 0 Å². The lowest BCUT2D eigenvalue weighted by Crippen LogP contribution is -2.51. The van der Waals surface area contributed by atoms with Crippen LogP contribution < -0.4 is 0 Å². The Morgan fingerprint density at radius 3 is 2.74 bits per heavy atom. The van der Waals surface area contributed by atoms with Gasteiger partial charge in [0.2, 0.25) is 0 Å². The molecule has 2 fully saturated rings. The predicted molar refractivity (Wildman–Crippen MR) is 62.3 cm³/mol. The number of rotatable bonds is 4. The number of ether oxygens (including phenoxy) is 3. The highest BCUT2D eigenvalue weighted by atomic mass is 16.7. The zero-order valence-corrected chi connectivity index (χ0v) is 10.4. The summed E-state index contributed by atoms with van der Waals surface area (Å²) in [5.41, 5.74) is 0. The third-order valence-electron chi connectivity index (χ3n) is 3.36. The number of nitroso groups, excluding NO2 is 1. The third-order valence-corrected chi connectivity index (χ3v) is 3.36. The van der Waals surface area contributed by atoms with E-state index in [0.717, 1.165) is 0 Å². The molecule has 0 bridgehead atoms. The van der Waals surface area contributed by atoms with E-state index < -0.39 is 36.7 Å². The minimum absolute atomic E-state index is 0.0674. The first-order valence-corrected chi connectivity index (χ1v) is 6.32. The molecule has 8 heteroatoms. The molecule has 0 aromatic carbocycles. The van der Waals surface area contributed by atoms with Gasteiger partial charge >= 0.3 is 0 Å². The summed E-state index contributed by atoms with van der Waals surface area (Å²) >= 11 is 0. The number of hydrogen-bond acceptors (Lipinski definition) is 8. The molecule has 2 saturated heterocycles. The van der Waals surface area contributed by atoms with Crippen LogP contribution >= 0.6 is 0 Å². The zero-order chi connectivity index (χ0) is 13.8. The maximum atomic E-state index is 10.5. The highest BCUT2D eigenvalue weighted by Crippen LogP contribution is 2.24. The average molecular weight is 277 g/mol. The van der Waals surface area contributed by atoms with Crippen molar-refractivity contribution in [2.24, 2.45) is 5.18 Å². The fourth-order valence-electron chi connectivity index (χ4n) is 2.31. The van der Waals surface area contributed by atoms with Gasteiger partial charge in [-0.1, -0.05) is 5.18 Å². The van der Waals surface area contributed by atoms with Crippen LogP contribution in [-0.4, -0.2) is 71.9 Å². The number of hydrogen-bond donors (Lipinski definition) is 3. The molecular weight excluding hydrogens is 258 g/mol. The summed E-state index contributed by atoms with van der Waals surface area (Å²) in [7, 11) is 0. The van der Waals surface area contributed by atoms with Gasteiger partial charge in [0.1, 0.15) is 18.2 Å². The molecule has 2 heterocycles. The van der Waals surface area contributed by atoms with E-state index >= 15 is 0 Å². The molecule has 0 aliphatic carbocycles. The fraction of sp³-hybridized carbons (Fsp3) is 1.00. The molecule has 19 heavy (non-hydrogen) atoms. The Kier molecular flexibility index (Phi) is 5.20. The van der Waals surface area contributed by atoms with E-state index in [1.165, 1.54) is 0 Å². The first-order chi connectivity index (χ1) is 9.13. The lowest BCUT2D eigenvalue weighted by Gasteiger charge is -2.37. The van der Waals surface area contributed by atoms with Crippen molar-refractivity contribution < 1.29 is 29.5 Å². The summed E-state index contributed by atoms with van der Waals surface area (Å²) in [4.78, 5) is 10.5. The Balaban J connectivity index is 1.90. The Morgan fingerprint density at radius 1 is 1.26 bits per heavy atom.